The molecule has 0 aromatic heterocycles. The van der Waals surface area contributed by atoms with E-state index in [0.29, 0.717) is 0 Å². The molecule has 4 aliphatic rings. The Bertz CT molecular complexity index is 110. The van der Waals surface area contributed by atoms with Crippen LogP contribution in [-0.2, 0) is 0 Å². The molecule has 0 spiro atoms. The van der Waals surface area contributed by atoms with Crippen LogP contribution in [0.2, 0.25) is 0 Å². The second kappa shape index (κ2) is 1.34. The summed E-state index contributed by atoms with van der Waals surface area (Å²) in [5.41, 5.74) is 0. The van der Waals surface area contributed by atoms with Gasteiger partial charge in [-0.25, -0.2) is 0 Å². The lowest BCUT2D eigenvalue weighted by Crippen LogP contribution is -2.33. The van der Waals surface area contributed by atoms with Gasteiger partial charge in [-0.1, -0.05) is 0 Å². The minimum absolute atomic E-state index is 1.11. The standard InChI is InChI=1S/C8H13N/c1-6-2-8-5-9(3-6)4-7(1)8/h6-8H,1-5H2. The topological polar surface area (TPSA) is 3.24 Å². The molecule has 1 nitrogen and oxygen atoms in total. The highest BCUT2D eigenvalue weighted by Gasteiger charge is 2.46. The molecule has 3 heterocycles. The first-order chi connectivity index (χ1) is 4.42. The molecule has 4 rings (SSSR count). The van der Waals surface area contributed by atoms with Crippen LogP contribution in [0, 0.1) is 17.8 Å². The molecule has 0 amide bonds. The quantitative estimate of drug-likeness (QED) is 0.463. The third-order valence-electron chi connectivity index (χ3n) is 3.44. The first kappa shape index (κ1) is 4.73. The molecule has 1 heteroatoms. The molecule has 0 aromatic rings. The lowest BCUT2D eigenvalue weighted by atomic mass is 10.0. The van der Waals surface area contributed by atoms with Crippen LogP contribution in [0.15, 0.2) is 0 Å². The highest BCUT2D eigenvalue weighted by Crippen LogP contribution is 2.46. The van der Waals surface area contributed by atoms with Crippen LogP contribution >= 0.6 is 0 Å². The summed E-state index contributed by atoms with van der Waals surface area (Å²) in [7, 11) is 0. The van der Waals surface area contributed by atoms with E-state index >= 15 is 0 Å². The fraction of sp³-hybridized carbons (Fsp3) is 1.00. The van der Waals surface area contributed by atoms with Gasteiger partial charge in [0, 0.05) is 19.6 Å². The van der Waals surface area contributed by atoms with Gasteiger partial charge in [0.05, 0.1) is 0 Å². The van der Waals surface area contributed by atoms with E-state index in [1.165, 1.54) is 19.6 Å². The van der Waals surface area contributed by atoms with Crippen LogP contribution in [0.4, 0.5) is 0 Å². The van der Waals surface area contributed by atoms with E-state index in [2.05, 4.69) is 4.90 Å². The van der Waals surface area contributed by atoms with Gasteiger partial charge in [0.15, 0.2) is 0 Å². The van der Waals surface area contributed by atoms with Gasteiger partial charge in [0.1, 0.15) is 0 Å². The Balaban J connectivity index is 2.00. The minimum atomic E-state index is 1.11. The van der Waals surface area contributed by atoms with Gasteiger partial charge in [-0.3, -0.25) is 0 Å². The smallest absolute Gasteiger partial charge is 0.00131 e. The fourth-order valence-corrected chi connectivity index (χ4v) is 3.19. The summed E-state index contributed by atoms with van der Waals surface area (Å²) in [4.78, 5) is 2.66. The number of piperidine rings is 2. The van der Waals surface area contributed by atoms with Crippen LogP contribution in [0.25, 0.3) is 0 Å². The maximum Gasteiger partial charge on any atom is 0.00131 e. The highest BCUT2D eigenvalue weighted by atomic mass is 15.2. The van der Waals surface area contributed by atoms with Crippen LogP contribution < -0.4 is 0 Å². The van der Waals surface area contributed by atoms with Crippen LogP contribution in [0.5, 0.6) is 0 Å². The molecule has 3 aliphatic heterocycles. The number of hydrogen-bond acceptors (Lipinski definition) is 1. The molecule has 1 saturated carbocycles. The summed E-state index contributed by atoms with van der Waals surface area (Å²) < 4.78 is 0. The zero-order valence-electron chi connectivity index (χ0n) is 5.71. The molecular weight excluding hydrogens is 110 g/mol. The lowest BCUT2D eigenvalue weighted by molar-refractivity contribution is 0.197. The summed E-state index contributed by atoms with van der Waals surface area (Å²) in [5, 5.41) is 0. The summed E-state index contributed by atoms with van der Waals surface area (Å²) in [6.07, 6.45) is 3.14. The Morgan fingerprint density at radius 2 is 1.56 bits per heavy atom. The van der Waals surface area contributed by atoms with Gasteiger partial charge < -0.3 is 4.90 Å². The van der Waals surface area contributed by atoms with E-state index in [4.69, 9.17) is 0 Å². The van der Waals surface area contributed by atoms with Crippen molar-refractivity contribution in [2.45, 2.75) is 12.8 Å². The molecule has 2 unspecified atom stereocenters. The summed E-state index contributed by atoms with van der Waals surface area (Å²) >= 11 is 0. The molecule has 4 fully saturated rings. The molecule has 0 N–H and O–H groups in total. The monoisotopic (exact) mass is 123 g/mol. The normalized spacial score (nSPS) is 61.3. The number of hydrogen-bond donors (Lipinski definition) is 0. The summed E-state index contributed by atoms with van der Waals surface area (Å²) in [6, 6.07) is 0. The Morgan fingerprint density at radius 1 is 0.889 bits per heavy atom. The van der Waals surface area contributed by atoms with E-state index in [9.17, 15) is 0 Å². The van der Waals surface area contributed by atoms with E-state index in [1.807, 2.05) is 0 Å². The fourth-order valence-electron chi connectivity index (χ4n) is 3.19. The van der Waals surface area contributed by atoms with Crippen molar-refractivity contribution >= 4 is 0 Å². The van der Waals surface area contributed by atoms with E-state index in [-0.39, 0.29) is 0 Å². The second-order valence-corrected chi connectivity index (χ2v) is 4.08. The zero-order valence-corrected chi connectivity index (χ0v) is 5.71. The molecular formula is C8H13N. The zero-order chi connectivity index (χ0) is 5.84. The third-order valence-corrected chi connectivity index (χ3v) is 3.44. The Labute approximate surface area is 56.0 Å². The van der Waals surface area contributed by atoms with Gasteiger partial charge in [0.2, 0.25) is 0 Å². The number of nitrogens with zero attached hydrogens (tertiary/aromatic N) is 1. The maximum absolute atomic E-state index is 2.66. The van der Waals surface area contributed by atoms with Gasteiger partial charge in [-0.05, 0) is 30.6 Å². The van der Waals surface area contributed by atoms with Crippen molar-refractivity contribution < 1.29 is 0 Å². The SMILES string of the molecule is C1C2CC3CN(C2)CC13. The molecule has 3 saturated heterocycles. The molecule has 1 aliphatic carbocycles. The lowest BCUT2D eigenvalue weighted by Gasteiger charge is -2.28. The maximum atomic E-state index is 2.66. The summed E-state index contributed by atoms with van der Waals surface area (Å²) in [6.45, 7) is 4.33. The van der Waals surface area contributed by atoms with Crippen molar-refractivity contribution in [3.8, 4) is 0 Å². The predicted molar refractivity (Wildman–Crippen MR) is 36.1 cm³/mol. The van der Waals surface area contributed by atoms with Crippen molar-refractivity contribution in [3.05, 3.63) is 0 Å². The Kier molecular flexibility index (Phi) is 0.704. The molecule has 0 aromatic carbocycles. The van der Waals surface area contributed by atoms with E-state index in [0.717, 1.165) is 17.8 Å². The minimum Gasteiger partial charge on any atom is -0.302 e. The van der Waals surface area contributed by atoms with Crippen LogP contribution in [0.3, 0.4) is 0 Å². The third kappa shape index (κ3) is 0.493. The average Bonchev–Trinajstić information content (AvgIpc) is 2.20. The molecule has 0 radical (unpaired) electrons. The Hall–Kier alpha value is -0.0400. The van der Waals surface area contributed by atoms with Crippen molar-refractivity contribution in [1.82, 2.24) is 4.90 Å². The van der Waals surface area contributed by atoms with E-state index in [1.54, 1.807) is 12.8 Å². The molecule has 2 atom stereocenters. The van der Waals surface area contributed by atoms with Gasteiger partial charge in [-0.15, -0.1) is 0 Å². The van der Waals surface area contributed by atoms with Crippen LogP contribution in [-0.4, -0.2) is 24.5 Å². The highest BCUT2D eigenvalue weighted by molar-refractivity contribution is 4.98. The van der Waals surface area contributed by atoms with Gasteiger partial charge in [0.25, 0.3) is 0 Å². The van der Waals surface area contributed by atoms with Crippen LogP contribution in [0.1, 0.15) is 12.8 Å². The Morgan fingerprint density at radius 3 is 2.00 bits per heavy atom. The van der Waals surface area contributed by atoms with Crippen molar-refractivity contribution in [2.24, 2.45) is 17.8 Å². The predicted octanol–water partition coefficient (Wildman–Crippen LogP) is 0.958. The van der Waals surface area contributed by atoms with Crippen molar-refractivity contribution in [1.29, 1.82) is 0 Å². The molecule has 4 bridgehead atoms. The average molecular weight is 123 g/mol. The molecule has 50 valence electrons. The van der Waals surface area contributed by atoms with Gasteiger partial charge >= 0.3 is 0 Å². The van der Waals surface area contributed by atoms with Crippen molar-refractivity contribution in [3.63, 3.8) is 0 Å². The first-order valence-electron chi connectivity index (χ1n) is 4.14. The van der Waals surface area contributed by atoms with E-state index < -0.39 is 0 Å². The summed E-state index contributed by atoms with van der Waals surface area (Å²) in [5.74, 6) is 3.37. The number of rotatable bonds is 0. The second-order valence-electron chi connectivity index (χ2n) is 4.08. The van der Waals surface area contributed by atoms with Crippen molar-refractivity contribution in [2.75, 3.05) is 19.6 Å². The van der Waals surface area contributed by atoms with Gasteiger partial charge in [-0.2, -0.15) is 0 Å². The largest absolute Gasteiger partial charge is 0.302 e. The molecule has 9 heavy (non-hydrogen) atoms. The first-order valence-corrected chi connectivity index (χ1v) is 4.14.